The molecule has 34 heavy (non-hydrogen) atoms. The lowest BCUT2D eigenvalue weighted by Crippen LogP contribution is -2.47. The minimum Gasteiger partial charge on any atom is -0.493 e. The number of likely N-dealkylation sites (N-methyl/N-ethyl adjacent to an activating group) is 1. The Morgan fingerprint density at radius 1 is 0.912 bits per heavy atom. The van der Waals surface area contributed by atoms with Crippen molar-refractivity contribution in [3.05, 3.63) is 54.1 Å². The molecule has 2 aliphatic rings. The van der Waals surface area contributed by atoms with Crippen LogP contribution in [-0.2, 0) is 0 Å². The van der Waals surface area contributed by atoms with Gasteiger partial charge in [-0.1, -0.05) is 24.3 Å². The number of hydrogen-bond donors (Lipinski definition) is 0. The van der Waals surface area contributed by atoms with Crippen molar-refractivity contribution >= 4 is 5.91 Å². The molecule has 0 spiro atoms. The molecule has 0 unspecified atom stereocenters. The zero-order valence-electron chi connectivity index (χ0n) is 20.8. The van der Waals surface area contributed by atoms with Crippen molar-refractivity contribution in [2.45, 2.75) is 32.4 Å². The van der Waals surface area contributed by atoms with Gasteiger partial charge in [-0.25, -0.2) is 4.39 Å². The third-order valence-corrected chi connectivity index (χ3v) is 6.90. The van der Waals surface area contributed by atoms with Gasteiger partial charge in [-0.2, -0.15) is 0 Å². The lowest BCUT2D eigenvalue weighted by Gasteiger charge is -2.34. The first kappa shape index (κ1) is 24.7. The standard InChI is InChI=1S/C28H38FN3O2/c1-28(2,29)21-31-14-12-22(13-15-31)20-34-26-10-8-24(9-11-26)23-4-6-25(7-5-23)27(33)32-18-16-30(3)17-19-32/h4-11,22H,12-21H2,1-3H3. The number of benzene rings is 2. The Morgan fingerprint density at radius 3 is 2.03 bits per heavy atom. The van der Waals surface area contributed by atoms with E-state index in [1.165, 1.54) is 0 Å². The van der Waals surface area contributed by atoms with Gasteiger partial charge in [0.25, 0.3) is 5.91 Å². The number of carbonyl (C=O) groups is 1. The first-order valence-electron chi connectivity index (χ1n) is 12.5. The SMILES string of the molecule is CN1CCN(C(=O)c2ccc(-c3ccc(OCC4CCN(CC(C)(C)F)CC4)cc3)cc2)CC1. The Bertz CT molecular complexity index is 924. The fraction of sp³-hybridized carbons (Fsp3) is 0.536. The van der Waals surface area contributed by atoms with Crippen LogP contribution in [0.15, 0.2) is 48.5 Å². The Hall–Kier alpha value is -2.44. The predicted molar refractivity (Wildman–Crippen MR) is 135 cm³/mol. The number of nitrogens with zero attached hydrogens (tertiary/aromatic N) is 3. The van der Waals surface area contributed by atoms with E-state index in [0.29, 0.717) is 19.1 Å². The fourth-order valence-electron chi connectivity index (χ4n) is 4.80. The summed E-state index contributed by atoms with van der Waals surface area (Å²) in [6.45, 7) is 9.80. The molecule has 0 atom stereocenters. The number of amides is 1. The second kappa shape index (κ2) is 10.9. The fourth-order valence-corrected chi connectivity index (χ4v) is 4.80. The van der Waals surface area contributed by atoms with E-state index in [-0.39, 0.29) is 5.91 Å². The second-order valence-electron chi connectivity index (χ2n) is 10.4. The van der Waals surface area contributed by atoms with Crippen molar-refractivity contribution < 1.29 is 13.9 Å². The molecule has 6 heteroatoms. The number of halogens is 1. The summed E-state index contributed by atoms with van der Waals surface area (Å²) in [5.41, 5.74) is 1.80. The maximum Gasteiger partial charge on any atom is 0.253 e. The van der Waals surface area contributed by atoms with Crippen LogP contribution in [0, 0.1) is 5.92 Å². The third kappa shape index (κ3) is 6.80. The van der Waals surface area contributed by atoms with Crippen LogP contribution in [-0.4, -0.2) is 85.7 Å². The van der Waals surface area contributed by atoms with Crippen molar-refractivity contribution in [1.82, 2.24) is 14.7 Å². The molecule has 2 saturated heterocycles. The van der Waals surface area contributed by atoms with E-state index in [1.54, 1.807) is 13.8 Å². The molecule has 2 aromatic rings. The highest BCUT2D eigenvalue weighted by molar-refractivity contribution is 5.94. The van der Waals surface area contributed by atoms with E-state index in [1.807, 2.05) is 41.3 Å². The summed E-state index contributed by atoms with van der Waals surface area (Å²) >= 11 is 0. The zero-order chi connectivity index (χ0) is 24.1. The van der Waals surface area contributed by atoms with Gasteiger partial charge in [0, 0.05) is 38.3 Å². The van der Waals surface area contributed by atoms with Crippen LogP contribution in [0.3, 0.4) is 0 Å². The van der Waals surface area contributed by atoms with E-state index in [4.69, 9.17) is 4.74 Å². The van der Waals surface area contributed by atoms with Gasteiger partial charge in [0.1, 0.15) is 11.4 Å². The number of alkyl halides is 1. The highest BCUT2D eigenvalue weighted by Crippen LogP contribution is 2.25. The van der Waals surface area contributed by atoms with Crippen molar-refractivity contribution in [2.24, 2.45) is 5.92 Å². The summed E-state index contributed by atoms with van der Waals surface area (Å²) in [4.78, 5) is 19.2. The van der Waals surface area contributed by atoms with Crippen LogP contribution < -0.4 is 4.74 Å². The molecule has 0 aromatic heterocycles. The predicted octanol–water partition coefficient (Wildman–Crippen LogP) is 4.58. The van der Waals surface area contributed by atoms with Crippen LogP contribution in [0.5, 0.6) is 5.75 Å². The van der Waals surface area contributed by atoms with Gasteiger partial charge >= 0.3 is 0 Å². The minimum atomic E-state index is -1.13. The number of rotatable bonds is 7. The van der Waals surface area contributed by atoms with E-state index < -0.39 is 5.67 Å². The Labute approximate surface area is 203 Å². The lowest BCUT2D eigenvalue weighted by molar-refractivity contribution is 0.0664. The summed E-state index contributed by atoms with van der Waals surface area (Å²) in [7, 11) is 2.09. The minimum absolute atomic E-state index is 0.114. The number of likely N-dealkylation sites (tertiary alicyclic amines) is 1. The van der Waals surface area contributed by atoms with Crippen molar-refractivity contribution in [1.29, 1.82) is 0 Å². The average molecular weight is 468 g/mol. The van der Waals surface area contributed by atoms with Crippen LogP contribution in [0.4, 0.5) is 4.39 Å². The molecule has 184 valence electrons. The van der Waals surface area contributed by atoms with Crippen molar-refractivity contribution in [3.8, 4) is 16.9 Å². The van der Waals surface area contributed by atoms with Crippen LogP contribution >= 0.6 is 0 Å². The summed E-state index contributed by atoms with van der Waals surface area (Å²) in [6.07, 6.45) is 2.10. The zero-order valence-corrected chi connectivity index (χ0v) is 20.8. The average Bonchev–Trinajstić information content (AvgIpc) is 2.83. The van der Waals surface area contributed by atoms with Crippen LogP contribution in [0.25, 0.3) is 11.1 Å². The summed E-state index contributed by atoms with van der Waals surface area (Å²) in [5.74, 6) is 1.50. The Kier molecular flexibility index (Phi) is 7.89. The van der Waals surface area contributed by atoms with Gasteiger partial charge < -0.3 is 19.4 Å². The van der Waals surface area contributed by atoms with Gasteiger partial charge in [0.2, 0.25) is 0 Å². The summed E-state index contributed by atoms with van der Waals surface area (Å²) in [6, 6.07) is 16.1. The van der Waals surface area contributed by atoms with E-state index in [0.717, 1.165) is 74.6 Å². The summed E-state index contributed by atoms with van der Waals surface area (Å²) < 4.78 is 19.9. The largest absolute Gasteiger partial charge is 0.493 e. The molecule has 0 aliphatic carbocycles. The van der Waals surface area contributed by atoms with Gasteiger partial charge in [0.05, 0.1) is 6.61 Å². The lowest BCUT2D eigenvalue weighted by atomic mass is 9.97. The monoisotopic (exact) mass is 467 g/mol. The molecule has 0 radical (unpaired) electrons. The van der Waals surface area contributed by atoms with Gasteiger partial charge in [-0.15, -0.1) is 0 Å². The Balaban J connectivity index is 1.25. The molecule has 5 nitrogen and oxygen atoms in total. The number of piperazine rings is 1. The molecule has 2 aromatic carbocycles. The number of hydrogen-bond acceptors (Lipinski definition) is 4. The molecule has 2 fully saturated rings. The molecule has 4 rings (SSSR count). The van der Waals surface area contributed by atoms with E-state index in [2.05, 4.69) is 29.0 Å². The van der Waals surface area contributed by atoms with Crippen molar-refractivity contribution in [2.75, 3.05) is 59.5 Å². The second-order valence-corrected chi connectivity index (χ2v) is 10.4. The molecule has 0 bridgehead atoms. The Morgan fingerprint density at radius 2 is 1.47 bits per heavy atom. The molecule has 2 heterocycles. The molecule has 0 saturated carbocycles. The molecular formula is C28H38FN3O2. The number of carbonyl (C=O) groups excluding carboxylic acids is 1. The van der Waals surface area contributed by atoms with E-state index in [9.17, 15) is 9.18 Å². The van der Waals surface area contributed by atoms with Gasteiger partial charge in [-0.3, -0.25) is 4.79 Å². The first-order valence-corrected chi connectivity index (χ1v) is 12.5. The molecule has 2 aliphatic heterocycles. The third-order valence-electron chi connectivity index (χ3n) is 6.90. The highest BCUT2D eigenvalue weighted by atomic mass is 19.1. The van der Waals surface area contributed by atoms with Gasteiger partial charge in [-0.05, 0) is 88.1 Å². The molecule has 0 N–H and O–H groups in total. The van der Waals surface area contributed by atoms with E-state index >= 15 is 0 Å². The summed E-state index contributed by atoms with van der Waals surface area (Å²) in [5, 5.41) is 0. The number of ether oxygens (including phenoxy) is 1. The number of piperidine rings is 1. The quantitative estimate of drug-likeness (QED) is 0.597. The molecule has 1 amide bonds. The maximum atomic E-state index is 13.9. The van der Waals surface area contributed by atoms with Crippen LogP contribution in [0.1, 0.15) is 37.0 Å². The van der Waals surface area contributed by atoms with Gasteiger partial charge in [0.15, 0.2) is 0 Å². The normalized spacial score (nSPS) is 18.8. The highest BCUT2D eigenvalue weighted by Gasteiger charge is 2.25. The first-order chi connectivity index (χ1) is 16.3. The topological polar surface area (TPSA) is 36.0 Å². The maximum absolute atomic E-state index is 13.9. The van der Waals surface area contributed by atoms with Crippen molar-refractivity contribution in [3.63, 3.8) is 0 Å². The van der Waals surface area contributed by atoms with Crippen LogP contribution in [0.2, 0.25) is 0 Å². The smallest absolute Gasteiger partial charge is 0.253 e. The molecular weight excluding hydrogens is 429 g/mol.